The van der Waals surface area contributed by atoms with Crippen LogP contribution >= 0.6 is 11.6 Å². The van der Waals surface area contributed by atoms with Crippen molar-refractivity contribution in [2.75, 3.05) is 24.7 Å². The van der Waals surface area contributed by atoms with Gasteiger partial charge in [0, 0.05) is 22.6 Å². The van der Waals surface area contributed by atoms with Crippen LogP contribution < -0.4 is 9.64 Å². The van der Waals surface area contributed by atoms with Crippen LogP contribution in [-0.4, -0.2) is 31.6 Å². The molecule has 0 unspecified atom stereocenters. The molecule has 2 aromatic carbocycles. The maximum atomic E-state index is 12.7. The van der Waals surface area contributed by atoms with Gasteiger partial charge >= 0.3 is 5.97 Å². The summed E-state index contributed by atoms with van der Waals surface area (Å²) in [5.74, 6) is -0.570. The van der Waals surface area contributed by atoms with Gasteiger partial charge in [0.2, 0.25) is 5.76 Å². The molecule has 0 atom stereocenters. The molecular weight excluding hydrogens is 408 g/mol. The Bertz CT molecular complexity index is 1090. The zero-order chi connectivity index (χ0) is 21.5. The molecule has 0 saturated heterocycles. The Labute approximate surface area is 178 Å². The van der Waals surface area contributed by atoms with Gasteiger partial charge in [-0.05, 0) is 55.5 Å². The fourth-order valence-corrected chi connectivity index (χ4v) is 3.02. The SMILES string of the molecule is CCOc1ccc(N(CCC#N)C(=O)COC(=O)c2cc3cc(Cl)ccc3o2)cc1. The zero-order valence-corrected chi connectivity index (χ0v) is 17.0. The summed E-state index contributed by atoms with van der Waals surface area (Å²) in [6.07, 6.45) is 0.136. The van der Waals surface area contributed by atoms with Crippen molar-refractivity contribution in [3.8, 4) is 11.8 Å². The first-order valence-electron chi connectivity index (χ1n) is 9.28. The second-order valence-electron chi connectivity index (χ2n) is 6.25. The Balaban J connectivity index is 1.68. The quantitative estimate of drug-likeness (QED) is 0.489. The summed E-state index contributed by atoms with van der Waals surface area (Å²) >= 11 is 5.93. The van der Waals surface area contributed by atoms with Crippen LogP contribution in [0.4, 0.5) is 5.69 Å². The highest BCUT2D eigenvalue weighted by Gasteiger charge is 2.20. The van der Waals surface area contributed by atoms with Gasteiger partial charge in [-0.1, -0.05) is 11.6 Å². The number of ether oxygens (including phenoxy) is 2. The van der Waals surface area contributed by atoms with Gasteiger partial charge in [0.25, 0.3) is 5.91 Å². The number of benzene rings is 2. The van der Waals surface area contributed by atoms with Crippen LogP contribution in [0.1, 0.15) is 23.9 Å². The van der Waals surface area contributed by atoms with Crippen molar-refractivity contribution in [2.24, 2.45) is 0 Å². The first kappa shape index (κ1) is 21.2. The Morgan fingerprint density at radius 1 is 1.17 bits per heavy atom. The monoisotopic (exact) mass is 426 g/mol. The van der Waals surface area contributed by atoms with Crippen molar-refractivity contribution in [3.63, 3.8) is 0 Å². The zero-order valence-electron chi connectivity index (χ0n) is 16.3. The minimum absolute atomic E-state index is 0.0234. The molecule has 154 valence electrons. The van der Waals surface area contributed by atoms with Crippen LogP contribution in [0.15, 0.2) is 52.9 Å². The van der Waals surface area contributed by atoms with Gasteiger partial charge in [0.15, 0.2) is 6.61 Å². The lowest BCUT2D eigenvalue weighted by Gasteiger charge is -2.21. The summed E-state index contributed by atoms with van der Waals surface area (Å²) in [5, 5.41) is 10.1. The molecule has 0 aliphatic rings. The number of anilines is 1. The first-order chi connectivity index (χ1) is 14.5. The van der Waals surface area contributed by atoms with E-state index in [0.717, 1.165) is 0 Å². The third kappa shape index (κ3) is 5.10. The smallest absolute Gasteiger partial charge is 0.374 e. The minimum Gasteiger partial charge on any atom is -0.494 e. The van der Waals surface area contributed by atoms with E-state index in [0.29, 0.717) is 34.0 Å². The van der Waals surface area contributed by atoms with Crippen LogP contribution in [-0.2, 0) is 9.53 Å². The molecule has 0 bridgehead atoms. The van der Waals surface area contributed by atoms with E-state index in [9.17, 15) is 9.59 Å². The van der Waals surface area contributed by atoms with E-state index in [1.54, 1.807) is 42.5 Å². The van der Waals surface area contributed by atoms with Crippen molar-refractivity contribution in [2.45, 2.75) is 13.3 Å². The number of amides is 1. The Morgan fingerprint density at radius 3 is 2.63 bits per heavy atom. The van der Waals surface area contributed by atoms with E-state index in [4.69, 9.17) is 30.8 Å². The molecule has 0 saturated carbocycles. The molecule has 0 aliphatic carbocycles. The van der Waals surface area contributed by atoms with Crippen LogP contribution in [0.3, 0.4) is 0 Å². The number of halogens is 1. The topological polar surface area (TPSA) is 92.8 Å². The van der Waals surface area contributed by atoms with Crippen molar-refractivity contribution in [3.05, 3.63) is 59.3 Å². The third-order valence-corrected chi connectivity index (χ3v) is 4.45. The number of fused-ring (bicyclic) bond motifs is 1. The molecule has 1 aromatic heterocycles. The number of nitriles is 1. The second-order valence-corrected chi connectivity index (χ2v) is 6.69. The number of esters is 1. The van der Waals surface area contributed by atoms with E-state index in [2.05, 4.69) is 0 Å². The maximum absolute atomic E-state index is 12.7. The molecule has 0 radical (unpaired) electrons. The van der Waals surface area contributed by atoms with Gasteiger partial charge in [0.1, 0.15) is 11.3 Å². The molecule has 3 aromatic rings. The van der Waals surface area contributed by atoms with Crippen molar-refractivity contribution < 1.29 is 23.5 Å². The average Bonchev–Trinajstić information content (AvgIpc) is 3.17. The summed E-state index contributed by atoms with van der Waals surface area (Å²) in [4.78, 5) is 26.4. The number of carbonyl (C=O) groups is 2. The Hall–Kier alpha value is -3.50. The lowest BCUT2D eigenvalue weighted by molar-refractivity contribution is -0.121. The molecule has 30 heavy (non-hydrogen) atoms. The summed E-state index contributed by atoms with van der Waals surface area (Å²) in [5.41, 5.74) is 1.07. The lowest BCUT2D eigenvalue weighted by Crippen LogP contribution is -2.35. The van der Waals surface area contributed by atoms with Gasteiger partial charge in [-0.25, -0.2) is 4.79 Å². The van der Waals surface area contributed by atoms with Gasteiger partial charge in [0.05, 0.1) is 19.1 Å². The van der Waals surface area contributed by atoms with Crippen LogP contribution in [0.5, 0.6) is 5.75 Å². The van der Waals surface area contributed by atoms with E-state index in [1.165, 1.54) is 11.0 Å². The summed E-state index contributed by atoms with van der Waals surface area (Å²) in [6, 6.07) is 15.4. The highest BCUT2D eigenvalue weighted by atomic mass is 35.5. The fourth-order valence-electron chi connectivity index (χ4n) is 2.84. The molecule has 3 rings (SSSR count). The number of hydrogen-bond donors (Lipinski definition) is 0. The summed E-state index contributed by atoms with van der Waals surface area (Å²) < 4.78 is 16.0. The molecule has 1 amide bonds. The normalized spacial score (nSPS) is 10.4. The first-order valence-corrected chi connectivity index (χ1v) is 9.66. The fraction of sp³-hybridized carbons (Fsp3) is 0.227. The Kier molecular flexibility index (Phi) is 6.94. The van der Waals surface area contributed by atoms with E-state index < -0.39 is 18.5 Å². The van der Waals surface area contributed by atoms with Crippen molar-refractivity contribution >= 4 is 40.1 Å². The molecule has 0 N–H and O–H groups in total. The van der Waals surface area contributed by atoms with Crippen LogP contribution in [0, 0.1) is 11.3 Å². The molecule has 8 heteroatoms. The number of rotatable bonds is 8. The van der Waals surface area contributed by atoms with Gasteiger partial charge < -0.3 is 18.8 Å². The molecule has 0 aliphatic heterocycles. The van der Waals surface area contributed by atoms with Crippen molar-refractivity contribution in [1.29, 1.82) is 5.26 Å². The third-order valence-electron chi connectivity index (χ3n) is 4.21. The predicted molar refractivity (Wildman–Crippen MR) is 112 cm³/mol. The number of furan rings is 1. The van der Waals surface area contributed by atoms with E-state index >= 15 is 0 Å². The largest absolute Gasteiger partial charge is 0.494 e. The second kappa shape index (κ2) is 9.81. The number of hydrogen-bond acceptors (Lipinski definition) is 6. The summed E-state index contributed by atoms with van der Waals surface area (Å²) in [6.45, 7) is 2.08. The molecule has 7 nitrogen and oxygen atoms in total. The van der Waals surface area contributed by atoms with E-state index in [1.807, 2.05) is 13.0 Å². The molecule has 0 fully saturated rings. The van der Waals surface area contributed by atoms with Crippen LogP contribution in [0.25, 0.3) is 11.0 Å². The Morgan fingerprint density at radius 2 is 1.93 bits per heavy atom. The van der Waals surface area contributed by atoms with Crippen LogP contribution in [0.2, 0.25) is 5.02 Å². The molecule has 1 heterocycles. The van der Waals surface area contributed by atoms with Gasteiger partial charge in [-0.2, -0.15) is 5.26 Å². The molecule has 0 spiro atoms. The summed E-state index contributed by atoms with van der Waals surface area (Å²) in [7, 11) is 0. The number of nitrogens with zero attached hydrogens (tertiary/aromatic N) is 2. The standard InChI is InChI=1S/C22H19ClN2O5/c1-2-28-18-7-5-17(6-8-18)25(11-3-10-24)21(26)14-29-22(27)20-13-15-12-16(23)4-9-19(15)30-20/h4-9,12-13H,2-3,11,14H2,1H3. The highest BCUT2D eigenvalue weighted by molar-refractivity contribution is 6.31. The lowest BCUT2D eigenvalue weighted by atomic mass is 10.2. The predicted octanol–water partition coefficient (Wildman–Crippen LogP) is 4.59. The minimum atomic E-state index is -0.761. The van der Waals surface area contributed by atoms with Gasteiger partial charge in [-0.3, -0.25) is 4.79 Å². The maximum Gasteiger partial charge on any atom is 0.374 e. The van der Waals surface area contributed by atoms with Gasteiger partial charge in [-0.15, -0.1) is 0 Å². The highest BCUT2D eigenvalue weighted by Crippen LogP contribution is 2.24. The molecular formula is C22H19ClN2O5. The van der Waals surface area contributed by atoms with Crippen molar-refractivity contribution in [1.82, 2.24) is 0 Å². The van der Waals surface area contributed by atoms with E-state index in [-0.39, 0.29) is 18.7 Å². The number of carbonyl (C=O) groups excluding carboxylic acids is 2. The average molecular weight is 427 g/mol.